The molecule has 11 rings (SSSR count). The number of carbonyl (C=O) groups excluding carboxylic acids is 2. The van der Waals surface area contributed by atoms with E-state index in [1.807, 2.05) is 109 Å². The Balaban J connectivity index is 0.000000151. The summed E-state index contributed by atoms with van der Waals surface area (Å²) >= 11 is 0.607. The summed E-state index contributed by atoms with van der Waals surface area (Å²) in [5.41, 5.74) is 12.3. The molecule has 0 radical (unpaired) electrons. The minimum atomic E-state index is 0.0477. The van der Waals surface area contributed by atoms with Gasteiger partial charge in [0.25, 0.3) is 0 Å². The molecule has 6 heteroatoms. The molecular weight excluding hydrogens is 891 g/mol. The maximum absolute atomic E-state index is 12.7. The Kier molecular flexibility index (Phi) is 11.0. The van der Waals surface area contributed by atoms with Gasteiger partial charge in [0.15, 0.2) is 0 Å². The molecule has 0 bridgehead atoms. The van der Waals surface area contributed by atoms with Gasteiger partial charge in [-0.2, -0.15) is 0 Å². The molecule has 0 spiro atoms. The third kappa shape index (κ3) is 7.85. The Labute approximate surface area is 374 Å². The Hall–Kier alpha value is -7.04. The Bertz CT molecular complexity index is 2950. The van der Waals surface area contributed by atoms with Crippen molar-refractivity contribution in [3.8, 4) is 11.1 Å². The zero-order chi connectivity index (χ0) is 41.8. The first-order valence-electron chi connectivity index (χ1n) is 20.4. The summed E-state index contributed by atoms with van der Waals surface area (Å²) in [5.74, 6) is 0.0986. The second-order valence-corrected chi connectivity index (χ2v) is 19.4. The number of hydrogen-bond acceptors (Lipinski definition) is 4. The summed E-state index contributed by atoms with van der Waals surface area (Å²) in [7, 11) is 0. The first-order valence-corrected chi connectivity index (χ1v) is 23.8. The average Bonchev–Trinajstić information content (AvgIpc) is 3.35. The fourth-order valence-corrected chi connectivity index (χ4v) is 12.3. The molecular formula is C56H38N2O2Se2. The fraction of sp³-hybridized carbons (Fsp3) is 0. The van der Waals surface area contributed by atoms with E-state index >= 15 is 0 Å². The number of rotatable bonds is 7. The zero-order valence-corrected chi connectivity index (χ0v) is 36.9. The molecule has 0 fully saturated rings. The Morgan fingerprint density at radius 1 is 0.274 bits per heavy atom. The van der Waals surface area contributed by atoms with Crippen LogP contribution in [0.4, 0.5) is 34.1 Å². The quantitative estimate of drug-likeness (QED) is 0.118. The van der Waals surface area contributed by atoms with Crippen molar-refractivity contribution in [2.75, 3.05) is 9.80 Å². The second kappa shape index (κ2) is 17.5. The Morgan fingerprint density at radius 3 is 0.887 bits per heavy atom. The van der Waals surface area contributed by atoms with Crippen LogP contribution in [-0.4, -0.2) is 41.5 Å². The molecule has 0 aliphatic carbocycles. The molecule has 4 nitrogen and oxygen atoms in total. The van der Waals surface area contributed by atoms with E-state index in [-0.39, 0.29) is 11.6 Å². The molecule has 0 atom stereocenters. The van der Waals surface area contributed by atoms with Crippen molar-refractivity contribution in [1.29, 1.82) is 0 Å². The second-order valence-electron chi connectivity index (χ2n) is 14.8. The first kappa shape index (κ1) is 39.1. The standard InChI is InChI=1S/C31H21NOSe.C25H17NOSe/c33-31(24-8-2-1-3-9-24)25-16-14-22(15-17-25)23-18-20-26(21-19-23)32-27-10-4-6-12-29(27)34-30-13-7-5-11-28(30)32;27-25(18-8-2-1-3-9-18)19-14-16-20(17-15-19)26-21-10-4-6-12-23(21)28-24-13-7-5-11-22(24)26/h1-21H;1-17H. The first-order chi connectivity index (χ1) is 30.6. The van der Waals surface area contributed by atoms with E-state index in [1.54, 1.807) is 0 Å². The molecule has 0 amide bonds. The van der Waals surface area contributed by atoms with Crippen LogP contribution in [0.25, 0.3) is 11.1 Å². The van der Waals surface area contributed by atoms with Crippen LogP contribution in [0, 0.1) is 0 Å². The average molecular weight is 929 g/mol. The van der Waals surface area contributed by atoms with Crippen molar-refractivity contribution >= 4 is 93.5 Å². The third-order valence-electron chi connectivity index (χ3n) is 10.9. The normalized spacial score (nSPS) is 12.1. The van der Waals surface area contributed by atoms with Crippen LogP contribution in [0.5, 0.6) is 0 Å². The van der Waals surface area contributed by atoms with Gasteiger partial charge in [-0.15, -0.1) is 0 Å². The van der Waals surface area contributed by atoms with Gasteiger partial charge in [0.2, 0.25) is 0 Å². The predicted molar refractivity (Wildman–Crippen MR) is 257 cm³/mol. The summed E-state index contributed by atoms with van der Waals surface area (Å²) in [6.45, 7) is 0. The van der Waals surface area contributed by atoms with E-state index in [4.69, 9.17) is 0 Å². The van der Waals surface area contributed by atoms with E-state index in [9.17, 15) is 9.59 Å². The molecule has 2 heterocycles. The van der Waals surface area contributed by atoms with Crippen LogP contribution in [0.1, 0.15) is 31.8 Å². The molecule has 9 aromatic rings. The summed E-state index contributed by atoms with van der Waals surface area (Å²) in [5, 5.41) is 0. The van der Waals surface area contributed by atoms with Gasteiger partial charge >= 0.3 is 336 Å². The third-order valence-corrected chi connectivity index (χ3v) is 15.7. The number of fused-ring (bicyclic) bond motifs is 4. The maximum atomic E-state index is 12.7. The van der Waals surface area contributed by atoms with Crippen molar-refractivity contribution < 1.29 is 9.59 Å². The van der Waals surface area contributed by atoms with E-state index in [0.29, 0.717) is 52.2 Å². The minimum absolute atomic E-state index is 0.0477. The number of nitrogens with zero attached hydrogens (tertiary/aromatic N) is 2. The summed E-state index contributed by atoms with van der Waals surface area (Å²) in [6.07, 6.45) is 0. The molecule has 62 heavy (non-hydrogen) atoms. The monoisotopic (exact) mass is 930 g/mol. The van der Waals surface area contributed by atoms with Gasteiger partial charge in [0, 0.05) is 5.56 Å². The number of carbonyl (C=O) groups is 2. The van der Waals surface area contributed by atoms with Crippen LogP contribution in [0.3, 0.4) is 0 Å². The van der Waals surface area contributed by atoms with Gasteiger partial charge in [-0.25, -0.2) is 0 Å². The molecule has 2 aliphatic rings. The van der Waals surface area contributed by atoms with Crippen LogP contribution in [0.15, 0.2) is 231 Å². The zero-order valence-electron chi connectivity index (χ0n) is 33.5. The van der Waals surface area contributed by atoms with Crippen molar-refractivity contribution in [3.63, 3.8) is 0 Å². The van der Waals surface area contributed by atoms with Gasteiger partial charge in [-0.05, 0) is 0 Å². The van der Waals surface area contributed by atoms with Crippen molar-refractivity contribution in [3.05, 3.63) is 253 Å². The molecule has 0 unspecified atom stereocenters. The number of ketones is 2. The van der Waals surface area contributed by atoms with E-state index in [2.05, 4.69) is 131 Å². The van der Waals surface area contributed by atoms with Gasteiger partial charge in [0.1, 0.15) is 0 Å². The molecule has 296 valence electrons. The van der Waals surface area contributed by atoms with Gasteiger partial charge in [-0.3, -0.25) is 4.79 Å². The Morgan fingerprint density at radius 2 is 0.532 bits per heavy atom. The van der Waals surface area contributed by atoms with Crippen LogP contribution >= 0.6 is 0 Å². The fourth-order valence-electron chi connectivity index (χ4n) is 7.86. The van der Waals surface area contributed by atoms with Crippen LogP contribution in [0.2, 0.25) is 0 Å². The van der Waals surface area contributed by atoms with Crippen LogP contribution < -0.4 is 27.6 Å². The molecule has 2 aliphatic heterocycles. The molecule has 0 aromatic heterocycles. The summed E-state index contributed by atoms with van der Waals surface area (Å²) in [4.78, 5) is 30.1. The van der Waals surface area contributed by atoms with Crippen LogP contribution in [-0.2, 0) is 0 Å². The van der Waals surface area contributed by atoms with Gasteiger partial charge in [0.05, 0.1) is 0 Å². The van der Waals surface area contributed by atoms with E-state index in [0.717, 1.165) is 22.5 Å². The summed E-state index contributed by atoms with van der Waals surface area (Å²) in [6, 6.07) is 77.9. The van der Waals surface area contributed by atoms with Crippen molar-refractivity contribution in [2.45, 2.75) is 0 Å². The number of hydrogen-bond donors (Lipinski definition) is 0. The molecule has 9 aromatic carbocycles. The van der Waals surface area contributed by atoms with E-state index in [1.165, 1.54) is 40.6 Å². The van der Waals surface area contributed by atoms with Crippen molar-refractivity contribution in [1.82, 2.24) is 0 Å². The topological polar surface area (TPSA) is 40.6 Å². The number of benzene rings is 9. The molecule has 0 N–H and O–H groups in total. The summed E-state index contributed by atoms with van der Waals surface area (Å²) < 4.78 is 5.55. The van der Waals surface area contributed by atoms with Gasteiger partial charge in [-0.1, -0.05) is 30.3 Å². The van der Waals surface area contributed by atoms with E-state index < -0.39 is 0 Å². The molecule has 0 saturated carbocycles. The predicted octanol–water partition coefficient (Wildman–Crippen LogP) is 10.4. The van der Waals surface area contributed by atoms with Gasteiger partial charge < -0.3 is 0 Å². The number of para-hydroxylation sites is 4. The number of anilines is 6. The van der Waals surface area contributed by atoms with Crippen molar-refractivity contribution in [2.24, 2.45) is 0 Å². The SMILES string of the molecule is O=C(c1ccccc1)c1ccc(-c2ccc(N3c4ccccc4[Se]c4ccccc43)cc2)cc1.O=C(c1ccccc1)c1ccc(N2c3ccccc3[Se]c3ccccc32)cc1. The molecule has 0 saturated heterocycles.